The van der Waals surface area contributed by atoms with Crippen molar-refractivity contribution in [2.24, 2.45) is 0 Å². The normalized spacial score (nSPS) is 14.5. The Hall–Kier alpha value is -2.53. The summed E-state index contributed by atoms with van der Waals surface area (Å²) in [6.07, 6.45) is 2.50. The number of rotatable bonds is 4. The maximum Gasteiger partial charge on any atom is 0.149 e. The van der Waals surface area contributed by atoms with Gasteiger partial charge < -0.3 is 5.32 Å². The molecule has 1 aliphatic heterocycles. The second kappa shape index (κ2) is 6.53. The highest BCUT2D eigenvalue weighted by Gasteiger charge is 2.15. The minimum absolute atomic E-state index is 0.314. The Bertz CT molecular complexity index is 865. The van der Waals surface area contributed by atoms with Crippen molar-refractivity contribution in [3.63, 3.8) is 0 Å². The van der Waals surface area contributed by atoms with E-state index in [0.29, 0.717) is 11.3 Å². The molecule has 0 unspecified atom stereocenters. The average molecular weight is 322 g/mol. The van der Waals surface area contributed by atoms with Crippen LogP contribution < -0.4 is 5.32 Å². The smallest absolute Gasteiger partial charge is 0.149 e. The van der Waals surface area contributed by atoms with Crippen LogP contribution in [0.25, 0.3) is 10.9 Å². The zero-order valence-corrected chi connectivity index (χ0v) is 13.4. The van der Waals surface area contributed by atoms with Gasteiger partial charge in [-0.15, -0.1) is 0 Å². The molecule has 0 aliphatic carbocycles. The Morgan fingerprint density at radius 3 is 2.83 bits per heavy atom. The summed E-state index contributed by atoms with van der Waals surface area (Å²) in [7, 11) is 0. The van der Waals surface area contributed by atoms with E-state index in [1.54, 1.807) is 6.07 Å². The average Bonchev–Trinajstić information content (AvgIpc) is 2.62. The van der Waals surface area contributed by atoms with Gasteiger partial charge in [0.05, 0.1) is 0 Å². The predicted molar refractivity (Wildman–Crippen MR) is 93.4 cm³/mol. The van der Waals surface area contributed by atoms with Crippen LogP contribution >= 0.6 is 0 Å². The maximum atomic E-state index is 13.8. The van der Waals surface area contributed by atoms with Crippen molar-refractivity contribution in [2.75, 3.05) is 25.0 Å². The van der Waals surface area contributed by atoms with Crippen LogP contribution in [0.5, 0.6) is 0 Å². The standard InChI is InChI=1S/C19H19FN4/c20-17-7-3-6-16-18(17)22-13-23-19(16)21-9-11-24-10-8-14-4-1-2-5-15(14)12-24/h1-7,13H,8-12H2,(H,21,22,23). The Balaban J connectivity index is 1.41. The molecule has 0 saturated carbocycles. The molecule has 0 amide bonds. The topological polar surface area (TPSA) is 41.0 Å². The molecule has 0 spiro atoms. The van der Waals surface area contributed by atoms with Crippen LogP contribution in [-0.4, -0.2) is 34.5 Å². The first-order valence-corrected chi connectivity index (χ1v) is 8.23. The van der Waals surface area contributed by atoms with Crippen molar-refractivity contribution in [1.82, 2.24) is 14.9 Å². The van der Waals surface area contributed by atoms with E-state index in [2.05, 4.69) is 44.5 Å². The first-order valence-electron chi connectivity index (χ1n) is 8.23. The van der Waals surface area contributed by atoms with Crippen molar-refractivity contribution in [3.05, 3.63) is 65.7 Å². The number of halogens is 1. The third-order valence-corrected chi connectivity index (χ3v) is 4.55. The maximum absolute atomic E-state index is 13.8. The first kappa shape index (κ1) is 15.0. The van der Waals surface area contributed by atoms with E-state index < -0.39 is 0 Å². The Kier molecular flexibility index (Phi) is 4.09. The number of hydrogen-bond donors (Lipinski definition) is 1. The van der Waals surface area contributed by atoms with Crippen LogP contribution in [0, 0.1) is 5.82 Å². The van der Waals surface area contributed by atoms with E-state index in [0.717, 1.165) is 38.0 Å². The summed E-state index contributed by atoms with van der Waals surface area (Å²) in [5, 5.41) is 4.05. The van der Waals surface area contributed by atoms with Gasteiger partial charge in [-0.05, 0) is 29.7 Å². The van der Waals surface area contributed by atoms with E-state index in [9.17, 15) is 4.39 Å². The lowest BCUT2D eigenvalue weighted by Gasteiger charge is -2.28. The van der Waals surface area contributed by atoms with Gasteiger partial charge in [-0.1, -0.05) is 30.3 Å². The lowest BCUT2D eigenvalue weighted by Crippen LogP contribution is -2.34. The first-order chi connectivity index (χ1) is 11.8. The summed E-state index contributed by atoms with van der Waals surface area (Å²) in [6, 6.07) is 13.6. The Morgan fingerprint density at radius 1 is 1.04 bits per heavy atom. The van der Waals surface area contributed by atoms with Gasteiger partial charge >= 0.3 is 0 Å². The van der Waals surface area contributed by atoms with E-state index in [1.165, 1.54) is 23.5 Å². The molecule has 1 aromatic heterocycles. The monoisotopic (exact) mass is 322 g/mol. The molecule has 24 heavy (non-hydrogen) atoms. The van der Waals surface area contributed by atoms with Crippen LogP contribution in [0.1, 0.15) is 11.1 Å². The zero-order chi connectivity index (χ0) is 16.4. The molecule has 3 aromatic rings. The van der Waals surface area contributed by atoms with Gasteiger partial charge in [0.2, 0.25) is 0 Å². The molecule has 2 heterocycles. The minimum atomic E-state index is -0.314. The molecule has 5 heteroatoms. The van der Waals surface area contributed by atoms with Gasteiger partial charge in [0, 0.05) is 31.6 Å². The highest BCUT2D eigenvalue weighted by atomic mass is 19.1. The second-order valence-corrected chi connectivity index (χ2v) is 6.08. The SMILES string of the molecule is Fc1cccc2c(NCCN3CCc4ccccc4C3)ncnc12. The number of nitrogens with one attached hydrogen (secondary N) is 1. The highest BCUT2D eigenvalue weighted by Crippen LogP contribution is 2.21. The lowest BCUT2D eigenvalue weighted by molar-refractivity contribution is 0.264. The fraction of sp³-hybridized carbons (Fsp3) is 0.263. The van der Waals surface area contributed by atoms with Gasteiger partial charge in [0.15, 0.2) is 0 Å². The molecule has 0 radical (unpaired) electrons. The van der Waals surface area contributed by atoms with Crippen molar-refractivity contribution in [3.8, 4) is 0 Å². The Labute approximate surface area is 140 Å². The van der Waals surface area contributed by atoms with Crippen molar-refractivity contribution >= 4 is 16.7 Å². The Morgan fingerprint density at radius 2 is 1.92 bits per heavy atom. The van der Waals surface area contributed by atoms with Crippen molar-refractivity contribution in [1.29, 1.82) is 0 Å². The number of fused-ring (bicyclic) bond motifs is 2. The van der Waals surface area contributed by atoms with Gasteiger partial charge in [0.1, 0.15) is 23.5 Å². The number of hydrogen-bond acceptors (Lipinski definition) is 4. The van der Waals surface area contributed by atoms with Crippen molar-refractivity contribution < 1.29 is 4.39 Å². The molecule has 2 aromatic carbocycles. The molecule has 0 fully saturated rings. The molecule has 1 aliphatic rings. The summed E-state index contributed by atoms with van der Waals surface area (Å²) in [6.45, 7) is 3.74. The quantitative estimate of drug-likeness (QED) is 0.800. The molecule has 122 valence electrons. The molecule has 1 N–H and O–H groups in total. The van der Waals surface area contributed by atoms with Crippen LogP contribution in [0.4, 0.5) is 10.2 Å². The zero-order valence-electron chi connectivity index (χ0n) is 13.4. The minimum Gasteiger partial charge on any atom is -0.368 e. The summed E-state index contributed by atoms with van der Waals surface area (Å²) in [4.78, 5) is 10.7. The molecule has 4 nitrogen and oxygen atoms in total. The van der Waals surface area contributed by atoms with Crippen LogP contribution in [-0.2, 0) is 13.0 Å². The number of para-hydroxylation sites is 1. The van der Waals surface area contributed by atoms with Gasteiger partial charge in [0.25, 0.3) is 0 Å². The number of anilines is 1. The van der Waals surface area contributed by atoms with Gasteiger partial charge in [-0.3, -0.25) is 4.90 Å². The number of benzene rings is 2. The fourth-order valence-corrected chi connectivity index (χ4v) is 3.27. The predicted octanol–water partition coefficient (Wildman–Crippen LogP) is 3.24. The fourth-order valence-electron chi connectivity index (χ4n) is 3.27. The van der Waals surface area contributed by atoms with Crippen LogP contribution in [0.2, 0.25) is 0 Å². The van der Waals surface area contributed by atoms with Crippen molar-refractivity contribution in [2.45, 2.75) is 13.0 Å². The largest absolute Gasteiger partial charge is 0.368 e. The molecular weight excluding hydrogens is 303 g/mol. The third-order valence-electron chi connectivity index (χ3n) is 4.55. The summed E-state index contributed by atoms with van der Waals surface area (Å²) in [5.41, 5.74) is 3.24. The molecule has 0 atom stereocenters. The number of nitrogens with zero attached hydrogens (tertiary/aromatic N) is 3. The summed E-state index contributed by atoms with van der Waals surface area (Å²) in [5.74, 6) is 0.377. The molecule has 0 saturated heterocycles. The third kappa shape index (κ3) is 2.95. The van der Waals surface area contributed by atoms with Crippen LogP contribution in [0.3, 0.4) is 0 Å². The lowest BCUT2D eigenvalue weighted by atomic mass is 10.00. The van der Waals surface area contributed by atoms with E-state index in [1.807, 2.05) is 6.07 Å². The molecule has 0 bridgehead atoms. The highest BCUT2D eigenvalue weighted by molar-refractivity contribution is 5.89. The summed E-state index contributed by atoms with van der Waals surface area (Å²) >= 11 is 0. The van der Waals surface area contributed by atoms with Gasteiger partial charge in [-0.25, -0.2) is 14.4 Å². The van der Waals surface area contributed by atoms with Crippen LogP contribution in [0.15, 0.2) is 48.8 Å². The van der Waals surface area contributed by atoms with Gasteiger partial charge in [-0.2, -0.15) is 0 Å². The molecular formula is C19H19FN4. The molecule has 4 rings (SSSR count). The van der Waals surface area contributed by atoms with E-state index in [4.69, 9.17) is 0 Å². The van der Waals surface area contributed by atoms with E-state index >= 15 is 0 Å². The second-order valence-electron chi connectivity index (χ2n) is 6.08. The summed E-state index contributed by atoms with van der Waals surface area (Å²) < 4.78 is 13.8. The number of aromatic nitrogens is 2. The van der Waals surface area contributed by atoms with E-state index in [-0.39, 0.29) is 5.82 Å².